The minimum Gasteiger partial charge on any atom is -0.497 e. The molecule has 1 amide bonds. The van der Waals surface area contributed by atoms with Crippen molar-refractivity contribution in [3.8, 4) is 5.75 Å². The number of rotatable bonds is 5. The van der Waals surface area contributed by atoms with Crippen LogP contribution < -0.4 is 15.0 Å². The standard InChI is InChI=1S/C25H25N3O3/c1-30-21-11-10-18-13-20(9-8-19(18)14-21)24(29)26-15-17-5-4-12-28(16-17)25-27-22-6-2-3-7-23(22)31-25/h2-3,6-11,13-14,17H,4-5,12,15-16H2,1H3,(H,26,29). The highest BCUT2D eigenvalue weighted by molar-refractivity contribution is 5.98. The molecule has 1 aromatic heterocycles. The molecule has 0 aliphatic carbocycles. The quantitative estimate of drug-likeness (QED) is 0.514. The Morgan fingerprint density at radius 2 is 2.00 bits per heavy atom. The number of piperidine rings is 1. The first-order valence-corrected chi connectivity index (χ1v) is 10.7. The third-order valence-corrected chi connectivity index (χ3v) is 5.93. The van der Waals surface area contributed by atoms with E-state index in [0.717, 1.165) is 53.6 Å². The average Bonchev–Trinajstić information content (AvgIpc) is 3.26. The van der Waals surface area contributed by atoms with Gasteiger partial charge in [0, 0.05) is 25.2 Å². The molecule has 1 aliphatic heterocycles. The van der Waals surface area contributed by atoms with Crippen molar-refractivity contribution in [2.24, 2.45) is 5.92 Å². The monoisotopic (exact) mass is 415 g/mol. The van der Waals surface area contributed by atoms with Gasteiger partial charge < -0.3 is 19.4 Å². The number of hydrogen-bond donors (Lipinski definition) is 1. The fourth-order valence-corrected chi connectivity index (χ4v) is 4.23. The van der Waals surface area contributed by atoms with Crippen LogP contribution in [0.2, 0.25) is 0 Å². The van der Waals surface area contributed by atoms with Gasteiger partial charge in [0.05, 0.1) is 7.11 Å². The van der Waals surface area contributed by atoms with Crippen molar-refractivity contribution in [2.75, 3.05) is 31.6 Å². The number of aromatic nitrogens is 1. The van der Waals surface area contributed by atoms with Crippen LogP contribution in [-0.4, -0.2) is 37.6 Å². The molecule has 31 heavy (non-hydrogen) atoms. The van der Waals surface area contributed by atoms with Crippen molar-refractivity contribution in [3.05, 3.63) is 66.2 Å². The maximum Gasteiger partial charge on any atom is 0.298 e. The largest absolute Gasteiger partial charge is 0.497 e. The number of benzene rings is 3. The molecular weight excluding hydrogens is 390 g/mol. The molecule has 158 valence electrons. The zero-order chi connectivity index (χ0) is 21.2. The molecule has 1 atom stereocenters. The number of hydrogen-bond acceptors (Lipinski definition) is 5. The Morgan fingerprint density at radius 3 is 2.87 bits per heavy atom. The van der Waals surface area contributed by atoms with Crippen LogP contribution in [0.3, 0.4) is 0 Å². The van der Waals surface area contributed by atoms with Gasteiger partial charge in [-0.25, -0.2) is 0 Å². The highest BCUT2D eigenvalue weighted by Crippen LogP contribution is 2.26. The van der Waals surface area contributed by atoms with E-state index in [1.807, 2.05) is 60.7 Å². The van der Waals surface area contributed by atoms with Crippen LogP contribution in [0.15, 0.2) is 65.1 Å². The smallest absolute Gasteiger partial charge is 0.298 e. The van der Waals surface area contributed by atoms with Crippen LogP contribution in [0.25, 0.3) is 21.9 Å². The lowest BCUT2D eigenvalue weighted by Crippen LogP contribution is -2.41. The first-order valence-electron chi connectivity index (χ1n) is 10.7. The van der Waals surface area contributed by atoms with Gasteiger partial charge in [-0.15, -0.1) is 0 Å². The Labute approximate surface area is 180 Å². The molecule has 6 heteroatoms. The summed E-state index contributed by atoms with van der Waals surface area (Å²) in [6, 6.07) is 20.1. The lowest BCUT2D eigenvalue weighted by Gasteiger charge is -2.31. The summed E-state index contributed by atoms with van der Waals surface area (Å²) in [5.41, 5.74) is 2.35. The Kier molecular flexibility index (Phi) is 5.20. The summed E-state index contributed by atoms with van der Waals surface area (Å²) in [6.07, 6.45) is 2.13. The van der Waals surface area contributed by atoms with E-state index in [9.17, 15) is 4.79 Å². The molecule has 0 saturated carbocycles. The fraction of sp³-hybridized carbons (Fsp3) is 0.280. The van der Waals surface area contributed by atoms with Crippen LogP contribution in [0.1, 0.15) is 23.2 Å². The summed E-state index contributed by atoms with van der Waals surface area (Å²) >= 11 is 0. The van der Waals surface area contributed by atoms with Crippen LogP contribution in [0.5, 0.6) is 5.75 Å². The van der Waals surface area contributed by atoms with Crippen molar-refractivity contribution in [2.45, 2.75) is 12.8 Å². The molecule has 0 spiro atoms. The first kappa shape index (κ1) is 19.4. The number of carbonyl (C=O) groups is 1. The molecule has 5 rings (SSSR count). The normalized spacial score (nSPS) is 16.5. The predicted octanol–water partition coefficient (Wildman–Crippen LogP) is 4.64. The van der Waals surface area contributed by atoms with E-state index in [-0.39, 0.29) is 5.91 Å². The Morgan fingerprint density at radius 1 is 1.16 bits per heavy atom. The molecule has 4 aromatic rings. The van der Waals surface area contributed by atoms with Gasteiger partial charge in [-0.05, 0) is 65.9 Å². The molecule has 1 unspecified atom stereocenters. The van der Waals surface area contributed by atoms with Gasteiger partial charge in [0.25, 0.3) is 11.9 Å². The number of amides is 1. The maximum atomic E-state index is 12.7. The molecule has 1 fully saturated rings. The number of anilines is 1. The summed E-state index contributed by atoms with van der Waals surface area (Å²) in [6.45, 7) is 2.38. The second-order valence-electron chi connectivity index (χ2n) is 8.06. The molecule has 6 nitrogen and oxygen atoms in total. The Bertz CT molecular complexity index is 1200. The summed E-state index contributed by atoms with van der Waals surface area (Å²) in [7, 11) is 1.65. The summed E-state index contributed by atoms with van der Waals surface area (Å²) < 4.78 is 11.2. The van der Waals surface area contributed by atoms with Crippen molar-refractivity contribution in [1.29, 1.82) is 0 Å². The molecule has 1 saturated heterocycles. The van der Waals surface area contributed by atoms with E-state index < -0.39 is 0 Å². The van der Waals surface area contributed by atoms with Gasteiger partial charge in [-0.1, -0.05) is 24.3 Å². The summed E-state index contributed by atoms with van der Waals surface area (Å²) in [4.78, 5) is 19.5. The maximum absolute atomic E-state index is 12.7. The van der Waals surface area contributed by atoms with Gasteiger partial charge in [0.2, 0.25) is 0 Å². The van der Waals surface area contributed by atoms with Gasteiger partial charge in [0.1, 0.15) is 11.3 Å². The minimum absolute atomic E-state index is 0.0447. The molecule has 3 aromatic carbocycles. The van der Waals surface area contributed by atoms with E-state index in [0.29, 0.717) is 24.0 Å². The lowest BCUT2D eigenvalue weighted by molar-refractivity contribution is 0.0945. The molecule has 0 bridgehead atoms. The van der Waals surface area contributed by atoms with Crippen LogP contribution >= 0.6 is 0 Å². The van der Waals surface area contributed by atoms with Crippen LogP contribution in [0, 0.1) is 5.92 Å². The fourth-order valence-electron chi connectivity index (χ4n) is 4.23. The highest BCUT2D eigenvalue weighted by Gasteiger charge is 2.24. The molecule has 1 N–H and O–H groups in total. The number of nitrogens with one attached hydrogen (secondary N) is 1. The van der Waals surface area contributed by atoms with Crippen LogP contribution in [-0.2, 0) is 0 Å². The number of nitrogens with zero attached hydrogens (tertiary/aromatic N) is 2. The average molecular weight is 415 g/mol. The number of para-hydroxylation sites is 2. The number of carbonyl (C=O) groups excluding carboxylic acids is 1. The second kappa shape index (κ2) is 8.30. The molecule has 2 heterocycles. The molecule has 0 radical (unpaired) electrons. The van der Waals surface area contributed by atoms with E-state index in [4.69, 9.17) is 9.15 Å². The van der Waals surface area contributed by atoms with E-state index in [2.05, 4.69) is 15.2 Å². The minimum atomic E-state index is -0.0447. The lowest BCUT2D eigenvalue weighted by atomic mass is 9.98. The SMILES string of the molecule is COc1ccc2cc(C(=O)NCC3CCCN(c4nc5ccccc5o4)C3)ccc2c1. The number of oxazole rings is 1. The zero-order valence-electron chi connectivity index (χ0n) is 17.5. The number of fused-ring (bicyclic) bond motifs is 2. The topological polar surface area (TPSA) is 67.6 Å². The molecular formula is C25H25N3O3. The van der Waals surface area contributed by atoms with E-state index in [1.165, 1.54) is 0 Å². The van der Waals surface area contributed by atoms with Crippen molar-refractivity contribution < 1.29 is 13.9 Å². The number of ether oxygens (including phenoxy) is 1. The second-order valence-corrected chi connectivity index (χ2v) is 8.06. The number of methoxy groups -OCH3 is 1. The van der Waals surface area contributed by atoms with E-state index in [1.54, 1.807) is 7.11 Å². The van der Waals surface area contributed by atoms with Gasteiger partial charge in [-0.2, -0.15) is 4.98 Å². The third kappa shape index (κ3) is 4.06. The Balaban J connectivity index is 1.23. The summed E-state index contributed by atoms with van der Waals surface area (Å²) in [5.74, 6) is 1.12. The zero-order valence-corrected chi connectivity index (χ0v) is 17.5. The third-order valence-electron chi connectivity index (χ3n) is 5.93. The van der Waals surface area contributed by atoms with Crippen molar-refractivity contribution >= 4 is 33.8 Å². The van der Waals surface area contributed by atoms with Gasteiger partial charge >= 0.3 is 0 Å². The van der Waals surface area contributed by atoms with Crippen LogP contribution in [0.4, 0.5) is 6.01 Å². The van der Waals surface area contributed by atoms with Gasteiger partial charge in [0.15, 0.2) is 5.58 Å². The summed E-state index contributed by atoms with van der Waals surface area (Å²) in [5, 5.41) is 5.19. The predicted molar refractivity (Wildman–Crippen MR) is 122 cm³/mol. The molecule has 1 aliphatic rings. The van der Waals surface area contributed by atoms with Gasteiger partial charge in [-0.3, -0.25) is 4.79 Å². The Hall–Kier alpha value is -3.54. The van der Waals surface area contributed by atoms with Crippen molar-refractivity contribution in [3.63, 3.8) is 0 Å². The first-order chi connectivity index (χ1) is 15.2. The van der Waals surface area contributed by atoms with E-state index >= 15 is 0 Å². The highest BCUT2D eigenvalue weighted by atomic mass is 16.5. The van der Waals surface area contributed by atoms with Crippen molar-refractivity contribution in [1.82, 2.24) is 10.3 Å².